The molecule has 0 radical (unpaired) electrons. The first-order chi connectivity index (χ1) is 6.69. The maximum atomic E-state index is 11.0. The average Bonchev–Trinajstić information content (AvgIpc) is 2.59. The van der Waals surface area contributed by atoms with Crippen LogP contribution in [0.4, 0.5) is 0 Å². The zero-order valence-electron chi connectivity index (χ0n) is 7.89. The Morgan fingerprint density at radius 2 is 2.50 bits per heavy atom. The van der Waals surface area contributed by atoms with Gasteiger partial charge in [0.2, 0.25) is 0 Å². The molecule has 5 nitrogen and oxygen atoms in total. The SMILES string of the molecule is COC(=O)/C(C#N)=C/c1nccn1C. The molecular formula is C9H9N3O2. The molecule has 0 aliphatic heterocycles. The van der Waals surface area contributed by atoms with Gasteiger partial charge >= 0.3 is 5.97 Å². The second kappa shape index (κ2) is 4.23. The van der Waals surface area contributed by atoms with Crippen LogP contribution in [0.2, 0.25) is 0 Å². The minimum absolute atomic E-state index is 0.0678. The predicted molar refractivity (Wildman–Crippen MR) is 48.8 cm³/mol. The molecule has 0 N–H and O–H groups in total. The predicted octanol–water partition coefficient (Wildman–Crippen LogP) is 0.500. The molecule has 0 fully saturated rings. The van der Waals surface area contributed by atoms with Gasteiger partial charge in [-0.2, -0.15) is 5.26 Å². The molecular weight excluding hydrogens is 182 g/mol. The molecule has 0 aliphatic rings. The fraction of sp³-hybridized carbons (Fsp3) is 0.222. The molecule has 14 heavy (non-hydrogen) atoms. The summed E-state index contributed by atoms with van der Waals surface area (Å²) in [5.74, 6) is -0.123. The Hall–Kier alpha value is -2.09. The first kappa shape index (κ1) is 9.99. The van der Waals surface area contributed by atoms with Crippen molar-refractivity contribution in [1.29, 1.82) is 5.26 Å². The van der Waals surface area contributed by atoms with Gasteiger partial charge in [-0.25, -0.2) is 9.78 Å². The van der Waals surface area contributed by atoms with Crippen molar-refractivity contribution in [2.75, 3.05) is 7.11 Å². The number of ether oxygens (including phenoxy) is 1. The summed E-state index contributed by atoms with van der Waals surface area (Å²) in [5.41, 5.74) is -0.0678. The van der Waals surface area contributed by atoms with E-state index in [0.29, 0.717) is 5.82 Å². The van der Waals surface area contributed by atoms with E-state index in [1.165, 1.54) is 13.2 Å². The molecule has 72 valence electrons. The van der Waals surface area contributed by atoms with E-state index in [-0.39, 0.29) is 5.57 Å². The van der Waals surface area contributed by atoms with Gasteiger partial charge in [0.25, 0.3) is 0 Å². The van der Waals surface area contributed by atoms with Crippen LogP contribution in [0.15, 0.2) is 18.0 Å². The van der Waals surface area contributed by atoms with Gasteiger partial charge in [-0.15, -0.1) is 0 Å². The third-order valence-electron chi connectivity index (χ3n) is 1.66. The zero-order chi connectivity index (χ0) is 10.6. The molecule has 1 heterocycles. The van der Waals surface area contributed by atoms with E-state index in [4.69, 9.17) is 5.26 Å². The second-order valence-corrected chi connectivity index (χ2v) is 2.56. The summed E-state index contributed by atoms with van der Waals surface area (Å²) in [6.45, 7) is 0. The van der Waals surface area contributed by atoms with Crippen molar-refractivity contribution in [3.8, 4) is 6.07 Å². The molecule has 0 unspecified atom stereocenters. The topological polar surface area (TPSA) is 67.9 Å². The highest BCUT2D eigenvalue weighted by atomic mass is 16.5. The Bertz CT molecular complexity index is 412. The van der Waals surface area contributed by atoms with Crippen molar-refractivity contribution in [1.82, 2.24) is 9.55 Å². The van der Waals surface area contributed by atoms with Crippen molar-refractivity contribution >= 4 is 12.0 Å². The largest absolute Gasteiger partial charge is 0.465 e. The first-order valence-electron chi connectivity index (χ1n) is 3.86. The highest BCUT2D eigenvalue weighted by molar-refractivity contribution is 5.97. The quantitative estimate of drug-likeness (QED) is 0.388. The summed E-state index contributed by atoms with van der Waals surface area (Å²) >= 11 is 0. The fourth-order valence-electron chi connectivity index (χ4n) is 0.892. The molecule has 0 aliphatic carbocycles. The summed E-state index contributed by atoms with van der Waals surface area (Å²) < 4.78 is 6.12. The van der Waals surface area contributed by atoms with Crippen LogP contribution in [0, 0.1) is 11.3 Å². The van der Waals surface area contributed by atoms with E-state index < -0.39 is 5.97 Å². The van der Waals surface area contributed by atoms with Crippen LogP contribution in [0.1, 0.15) is 5.82 Å². The van der Waals surface area contributed by atoms with Crippen LogP contribution in [-0.2, 0) is 16.6 Å². The lowest BCUT2D eigenvalue weighted by Gasteiger charge is -1.96. The van der Waals surface area contributed by atoms with Crippen LogP contribution in [0.3, 0.4) is 0 Å². The molecule has 1 aromatic heterocycles. The minimum atomic E-state index is -0.657. The van der Waals surface area contributed by atoms with Crippen LogP contribution in [0.5, 0.6) is 0 Å². The summed E-state index contributed by atoms with van der Waals surface area (Å²) in [4.78, 5) is 15.0. The summed E-state index contributed by atoms with van der Waals surface area (Å²) in [6, 6.07) is 1.75. The van der Waals surface area contributed by atoms with E-state index in [1.54, 1.807) is 30.1 Å². The van der Waals surface area contributed by atoms with Crippen molar-refractivity contribution in [2.24, 2.45) is 7.05 Å². The van der Waals surface area contributed by atoms with Gasteiger partial charge in [-0.1, -0.05) is 0 Å². The van der Waals surface area contributed by atoms with Gasteiger partial charge in [-0.3, -0.25) is 0 Å². The lowest BCUT2D eigenvalue weighted by molar-refractivity contribution is -0.135. The molecule has 1 rings (SSSR count). The maximum Gasteiger partial charge on any atom is 0.348 e. The first-order valence-corrected chi connectivity index (χ1v) is 3.86. The molecule has 0 saturated carbocycles. The standard InChI is InChI=1S/C9H9N3O2/c1-12-4-3-11-8(12)5-7(6-10)9(13)14-2/h3-5H,1-2H3/b7-5+. The molecule has 0 spiro atoms. The molecule has 1 aromatic rings. The molecule has 0 saturated heterocycles. The van der Waals surface area contributed by atoms with Crippen molar-refractivity contribution < 1.29 is 9.53 Å². The van der Waals surface area contributed by atoms with Gasteiger partial charge < -0.3 is 9.30 Å². The number of rotatable bonds is 2. The Labute approximate surface area is 81.2 Å². The summed E-state index contributed by atoms with van der Waals surface area (Å²) in [5, 5.41) is 8.66. The zero-order valence-corrected chi connectivity index (χ0v) is 7.89. The van der Waals surface area contributed by atoms with Crippen LogP contribution in [0.25, 0.3) is 6.08 Å². The van der Waals surface area contributed by atoms with Crippen molar-refractivity contribution in [3.05, 3.63) is 23.8 Å². The van der Waals surface area contributed by atoms with Gasteiger partial charge in [-0.05, 0) is 0 Å². The Morgan fingerprint density at radius 1 is 1.79 bits per heavy atom. The molecule has 0 bridgehead atoms. The normalized spacial score (nSPS) is 10.8. The number of hydrogen-bond acceptors (Lipinski definition) is 4. The van der Waals surface area contributed by atoms with Crippen LogP contribution >= 0.6 is 0 Å². The van der Waals surface area contributed by atoms with Crippen LogP contribution < -0.4 is 0 Å². The molecule has 0 aromatic carbocycles. The minimum Gasteiger partial charge on any atom is -0.465 e. The number of nitrogens with zero attached hydrogens (tertiary/aromatic N) is 3. The Balaban J connectivity index is 3.03. The number of hydrogen-bond donors (Lipinski definition) is 0. The number of imidazole rings is 1. The fourth-order valence-corrected chi connectivity index (χ4v) is 0.892. The smallest absolute Gasteiger partial charge is 0.348 e. The van der Waals surface area contributed by atoms with Gasteiger partial charge in [0.05, 0.1) is 7.11 Å². The lowest BCUT2D eigenvalue weighted by Crippen LogP contribution is -2.03. The third-order valence-corrected chi connectivity index (χ3v) is 1.66. The van der Waals surface area contributed by atoms with E-state index in [0.717, 1.165) is 0 Å². The number of esters is 1. The second-order valence-electron chi connectivity index (χ2n) is 2.56. The number of methoxy groups -OCH3 is 1. The number of aromatic nitrogens is 2. The van der Waals surface area contributed by atoms with E-state index in [2.05, 4.69) is 9.72 Å². The molecule has 0 amide bonds. The van der Waals surface area contributed by atoms with Gasteiger partial charge in [0.15, 0.2) is 0 Å². The number of carbonyl (C=O) groups excluding carboxylic acids is 1. The summed E-state index contributed by atoms with van der Waals surface area (Å²) in [6.07, 6.45) is 4.68. The molecule has 0 atom stereocenters. The average molecular weight is 191 g/mol. The van der Waals surface area contributed by atoms with Gasteiger partial charge in [0.1, 0.15) is 17.5 Å². The molecule has 5 heteroatoms. The number of carbonyl (C=O) groups is 1. The maximum absolute atomic E-state index is 11.0. The number of aryl methyl sites for hydroxylation is 1. The van der Waals surface area contributed by atoms with E-state index in [1.807, 2.05) is 0 Å². The summed E-state index contributed by atoms with van der Waals surface area (Å²) in [7, 11) is 3.00. The van der Waals surface area contributed by atoms with Crippen LogP contribution in [-0.4, -0.2) is 22.6 Å². The monoisotopic (exact) mass is 191 g/mol. The highest BCUT2D eigenvalue weighted by Gasteiger charge is 2.09. The van der Waals surface area contributed by atoms with E-state index >= 15 is 0 Å². The van der Waals surface area contributed by atoms with Crippen molar-refractivity contribution in [2.45, 2.75) is 0 Å². The van der Waals surface area contributed by atoms with Crippen molar-refractivity contribution in [3.63, 3.8) is 0 Å². The highest BCUT2D eigenvalue weighted by Crippen LogP contribution is 2.04. The third kappa shape index (κ3) is 1.98. The lowest BCUT2D eigenvalue weighted by atomic mass is 10.2. The van der Waals surface area contributed by atoms with E-state index in [9.17, 15) is 4.79 Å². The number of nitriles is 1. The Morgan fingerprint density at radius 3 is 2.93 bits per heavy atom. The Kier molecular flexibility index (Phi) is 3.02. The van der Waals surface area contributed by atoms with Gasteiger partial charge in [0, 0.05) is 25.5 Å².